The lowest BCUT2D eigenvalue weighted by atomic mass is 9.90. The van der Waals surface area contributed by atoms with Crippen molar-refractivity contribution < 1.29 is 0 Å². The van der Waals surface area contributed by atoms with E-state index in [-0.39, 0.29) is 0 Å². The molecule has 1 spiro atoms. The van der Waals surface area contributed by atoms with E-state index in [2.05, 4.69) is 17.1 Å². The van der Waals surface area contributed by atoms with E-state index >= 15 is 0 Å². The highest BCUT2D eigenvalue weighted by Crippen LogP contribution is 2.39. The van der Waals surface area contributed by atoms with Crippen molar-refractivity contribution in [3.05, 3.63) is 0 Å². The minimum Gasteiger partial charge on any atom is -0.311 e. The van der Waals surface area contributed by atoms with Gasteiger partial charge in [0.15, 0.2) is 0 Å². The molecule has 0 amide bonds. The lowest BCUT2D eigenvalue weighted by molar-refractivity contribution is 0.0399. The van der Waals surface area contributed by atoms with E-state index in [0.717, 1.165) is 12.0 Å². The van der Waals surface area contributed by atoms with Crippen molar-refractivity contribution in [3.63, 3.8) is 0 Å². The first-order chi connectivity index (χ1) is 8.32. The highest BCUT2D eigenvalue weighted by atomic mass is 15.3. The van der Waals surface area contributed by atoms with E-state index in [9.17, 15) is 0 Å². The van der Waals surface area contributed by atoms with Gasteiger partial charge in [0, 0.05) is 24.7 Å². The zero-order valence-corrected chi connectivity index (χ0v) is 11.4. The first-order valence-corrected chi connectivity index (χ1v) is 7.81. The maximum Gasteiger partial charge on any atom is 0.0334 e. The number of piperazine rings is 1. The molecule has 1 N–H and O–H groups in total. The number of nitrogens with one attached hydrogen (secondary N) is 1. The summed E-state index contributed by atoms with van der Waals surface area (Å²) in [4.78, 5) is 2.88. The first kappa shape index (κ1) is 12.0. The smallest absolute Gasteiger partial charge is 0.0334 e. The lowest BCUT2D eigenvalue weighted by Crippen LogP contribution is -2.63. The summed E-state index contributed by atoms with van der Waals surface area (Å²) in [7, 11) is 0. The molecule has 2 aliphatic carbocycles. The van der Waals surface area contributed by atoms with Gasteiger partial charge >= 0.3 is 0 Å². The summed E-state index contributed by atoms with van der Waals surface area (Å²) in [5.41, 5.74) is 0.556. The average Bonchev–Trinajstić information content (AvgIpc) is 3.08. The van der Waals surface area contributed by atoms with Crippen LogP contribution in [0.3, 0.4) is 0 Å². The summed E-state index contributed by atoms with van der Waals surface area (Å²) in [5.74, 6) is 1.09. The van der Waals surface area contributed by atoms with Crippen LogP contribution in [-0.2, 0) is 0 Å². The number of nitrogens with zero attached hydrogens (tertiary/aromatic N) is 1. The van der Waals surface area contributed by atoms with Crippen molar-refractivity contribution in [1.82, 2.24) is 10.2 Å². The van der Waals surface area contributed by atoms with Crippen LogP contribution in [0.25, 0.3) is 0 Å². The molecule has 2 nitrogen and oxygen atoms in total. The topological polar surface area (TPSA) is 15.3 Å². The molecule has 0 bridgehead atoms. The van der Waals surface area contributed by atoms with Crippen LogP contribution < -0.4 is 5.32 Å². The molecule has 1 aliphatic heterocycles. The van der Waals surface area contributed by atoms with Gasteiger partial charge in [-0.3, -0.25) is 4.90 Å². The van der Waals surface area contributed by atoms with Gasteiger partial charge in [0.05, 0.1) is 0 Å². The Labute approximate surface area is 106 Å². The minimum absolute atomic E-state index is 0.556. The van der Waals surface area contributed by atoms with Gasteiger partial charge in [-0.05, 0) is 38.1 Å². The van der Waals surface area contributed by atoms with Crippen LogP contribution >= 0.6 is 0 Å². The van der Waals surface area contributed by atoms with Gasteiger partial charge in [0.25, 0.3) is 0 Å². The highest BCUT2D eigenvalue weighted by Gasteiger charge is 2.43. The van der Waals surface area contributed by atoms with Crippen molar-refractivity contribution in [2.24, 2.45) is 5.92 Å². The molecule has 1 atom stereocenters. The minimum atomic E-state index is 0.556. The average molecular weight is 236 g/mol. The predicted octanol–water partition coefficient (Wildman–Crippen LogP) is 2.78. The fourth-order valence-corrected chi connectivity index (χ4v) is 3.84. The Morgan fingerprint density at radius 2 is 2.00 bits per heavy atom. The molecule has 17 heavy (non-hydrogen) atoms. The molecule has 3 fully saturated rings. The van der Waals surface area contributed by atoms with Gasteiger partial charge in [-0.2, -0.15) is 0 Å². The molecular weight excluding hydrogens is 208 g/mol. The normalized spacial score (nSPS) is 33.4. The van der Waals surface area contributed by atoms with E-state index < -0.39 is 0 Å². The molecule has 0 aromatic carbocycles. The molecule has 3 aliphatic rings. The maximum absolute atomic E-state index is 3.79. The largest absolute Gasteiger partial charge is 0.311 e. The lowest BCUT2D eigenvalue weighted by Gasteiger charge is -2.48. The molecule has 0 aromatic rings. The van der Waals surface area contributed by atoms with E-state index in [0.29, 0.717) is 5.54 Å². The summed E-state index contributed by atoms with van der Waals surface area (Å²) >= 11 is 0. The third kappa shape index (κ3) is 2.53. The molecule has 98 valence electrons. The van der Waals surface area contributed by atoms with Crippen LogP contribution in [0.15, 0.2) is 0 Å². The number of hydrogen-bond acceptors (Lipinski definition) is 2. The second kappa shape index (κ2) is 4.89. The Bertz CT molecular complexity index is 254. The fourth-order valence-electron chi connectivity index (χ4n) is 3.84. The second-order valence-electron chi connectivity index (χ2n) is 6.60. The van der Waals surface area contributed by atoms with Gasteiger partial charge in [-0.1, -0.05) is 32.6 Å². The summed E-state index contributed by atoms with van der Waals surface area (Å²) in [5, 5.41) is 3.79. The third-order valence-electron chi connectivity index (χ3n) is 5.36. The SMILES string of the molecule is CCC1CN(CCC2CC2)C2(CCCC2)CN1. The Hall–Kier alpha value is -0.0800. The molecule has 0 radical (unpaired) electrons. The van der Waals surface area contributed by atoms with E-state index in [4.69, 9.17) is 0 Å². The molecule has 0 aromatic heterocycles. The Morgan fingerprint density at radius 3 is 2.65 bits per heavy atom. The van der Waals surface area contributed by atoms with Crippen LogP contribution in [0.1, 0.15) is 58.3 Å². The molecule has 1 heterocycles. The number of rotatable bonds is 4. The molecule has 3 rings (SSSR count). The van der Waals surface area contributed by atoms with Crippen molar-refractivity contribution >= 4 is 0 Å². The molecular formula is C15H28N2. The van der Waals surface area contributed by atoms with E-state index in [1.165, 1.54) is 71.0 Å². The first-order valence-electron chi connectivity index (χ1n) is 7.81. The van der Waals surface area contributed by atoms with Crippen LogP contribution in [0, 0.1) is 5.92 Å². The van der Waals surface area contributed by atoms with Crippen molar-refractivity contribution in [1.29, 1.82) is 0 Å². The van der Waals surface area contributed by atoms with E-state index in [1.807, 2.05) is 0 Å². The molecule has 2 heteroatoms. The Morgan fingerprint density at radius 1 is 1.24 bits per heavy atom. The van der Waals surface area contributed by atoms with Gasteiger partial charge in [0.1, 0.15) is 0 Å². The van der Waals surface area contributed by atoms with Crippen LogP contribution in [0.4, 0.5) is 0 Å². The number of hydrogen-bond donors (Lipinski definition) is 1. The zero-order valence-electron chi connectivity index (χ0n) is 11.4. The summed E-state index contributed by atoms with van der Waals surface area (Å²) in [6, 6.07) is 0.750. The molecule has 2 saturated carbocycles. The predicted molar refractivity (Wildman–Crippen MR) is 72.2 cm³/mol. The monoisotopic (exact) mass is 236 g/mol. The van der Waals surface area contributed by atoms with Gasteiger partial charge in [-0.25, -0.2) is 0 Å². The Balaban J connectivity index is 1.63. The highest BCUT2D eigenvalue weighted by molar-refractivity contribution is 5.01. The quantitative estimate of drug-likeness (QED) is 0.807. The fraction of sp³-hybridized carbons (Fsp3) is 1.00. The van der Waals surface area contributed by atoms with Gasteiger partial charge in [0.2, 0.25) is 0 Å². The standard InChI is InChI=1S/C15H28N2/c1-2-14-11-17(10-7-13-5-6-13)15(12-16-14)8-3-4-9-15/h13-14,16H,2-12H2,1H3. The Kier molecular flexibility index (Phi) is 3.45. The van der Waals surface area contributed by atoms with Gasteiger partial charge < -0.3 is 5.32 Å². The van der Waals surface area contributed by atoms with Crippen LogP contribution in [-0.4, -0.2) is 36.1 Å². The van der Waals surface area contributed by atoms with Crippen LogP contribution in [0.5, 0.6) is 0 Å². The summed E-state index contributed by atoms with van der Waals surface area (Å²) < 4.78 is 0. The van der Waals surface area contributed by atoms with Crippen molar-refractivity contribution in [3.8, 4) is 0 Å². The summed E-state index contributed by atoms with van der Waals surface area (Å²) in [6.45, 7) is 6.27. The van der Waals surface area contributed by atoms with Gasteiger partial charge in [-0.15, -0.1) is 0 Å². The zero-order chi connectivity index (χ0) is 11.7. The van der Waals surface area contributed by atoms with Crippen molar-refractivity contribution in [2.75, 3.05) is 19.6 Å². The molecule has 1 saturated heterocycles. The maximum atomic E-state index is 3.79. The van der Waals surface area contributed by atoms with Crippen LogP contribution in [0.2, 0.25) is 0 Å². The summed E-state index contributed by atoms with van der Waals surface area (Å²) in [6.07, 6.45) is 11.6. The van der Waals surface area contributed by atoms with E-state index in [1.54, 1.807) is 0 Å². The second-order valence-corrected chi connectivity index (χ2v) is 6.60. The third-order valence-corrected chi connectivity index (χ3v) is 5.36. The molecule has 1 unspecified atom stereocenters. The van der Waals surface area contributed by atoms with Crippen molar-refractivity contribution in [2.45, 2.75) is 69.9 Å².